The Labute approximate surface area is 247 Å². The average Bonchev–Trinajstić information content (AvgIpc) is 3.53. The number of amides is 1. The minimum Gasteiger partial charge on any atom is -0.339 e. The van der Waals surface area contributed by atoms with E-state index in [1.54, 1.807) is 10.7 Å². The number of aryl methyl sites for hydroxylation is 2. The maximum Gasteiger partial charge on any atom is 0.255 e. The van der Waals surface area contributed by atoms with Crippen molar-refractivity contribution in [3.8, 4) is 22.5 Å². The van der Waals surface area contributed by atoms with Crippen LogP contribution in [-0.2, 0) is 6.54 Å². The molecule has 1 saturated carbocycles. The van der Waals surface area contributed by atoms with Crippen LogP contribution in [0.4, 0.5) is 4.39 Å². The van der Waals surface area contributed by atoms with Gasteiger partial charge in [-0.25, -0.2) is 8.91 Å². The third kappa shape index (κ3) is 4.48. The number of aromatic nitrogens is 6. The number of carbonyl (C=O) groups excluding carboxylic acids is 1. The molecule has 10 heteroatoms. The Kier molecular flexibility index (Phi) is 5.91. The molecule has 9 nitrogen and oxygen atoms in total. The Bertz CT molecular complexity index is 2040. The smallest absolute Gasteiger partial charge is 0.255 e. The van der Waals surface area contributed by atoms with E-state index in [1.807, 2.05) is 29.7 Å². The van der Waals surface area contributed by atoms with Gasteiger partial charge in [-0.1, -0.05) is 12.1 Å². The third-order valence-electron chi connectivity index (χ3n) is 9.04. The Balaban J connectivity index is 1.20. The van der Waals surface area contributed by atoms with Gasteiger partial charge >= 0.3 is 0 Å². The standard InChI is InChI=1S/C33H33FN8O/c1-19-28-8-7-25(33(43)39-17-26(34)14-27(35)18-39)16-42(28)38-32(19)30-12-24-6-5-22(11-29(24)41(30)15-21-3-4-21)23-9-10-40-20(2)36-37-31(40)13-23/h5-13,16,21,26-27H,3-4,14-15,17-18,35H2,1-2H3/t26-,27-/m1/s1. The molecule has 5 aromatic heterocycles. The molecule has 1 aromatic carbocycles. The van der Waals surface area contributed by atoms with E-state index >= 15 is 0 Å². The van der Waals surface area contributed by atoms with Gasteiger partial charge in [0.1, 0.15) is 17.7 Å². The van der Waals surface area contributed by atoms with Gasteiger partial charge in [0.15, 0.2) is 5.65 Å². The number of likely N-dealkylation sites (tertiary alicyclic amines) is 1. The number of rotatable bonds is 5. The van der Waals surface area contributed by atoms with Crippen LogP contribution >= 0.6 is 0 Å². The lowest BCUT2D eigenvalue weighted by molar-refractivity contribution is 0.0606. The van der Waals surface area contributed by atoms with Crippen molar-refractivity contribution in [2.24, 2.45) is 11.7 Å². The fourth-order valence-corrected chi connectivity index (χ4v) is 6.54. The summed E-state index contributed by atoms with van der Waals surface area (Å²) in [6, 6.07) is 16.4. The number of pyridine rings is 2. The lowest BCUT2D eigenvalue weighted by Gasteiger charge is -2.32. The second kappa shape index (κ2) is 9.74. The molecule has 6 heterocycles. The summed E-state index contributed by atoms with van der Waals surface area (Å²) in [5.41, 5.74) is 14.7. The number of fused-ring (bicyclic) bond motifs is 3. The molecule has 0 unspecified atom stereocenters. The normalized spacial score (nSPS) is 19.2. The quantitative estimate of drug-likeness (QED) is 0.304. The van der Waals surface area contributed by atoms with Crippen molar-refractivity contribution in [2.75, 3.05) is 13.1 Å². The van der Waals surface area contributed by atoms with Gasteiger partial charge in [0, 0.05) is 48.0 Å². The summed E-state index contributed by atoms with van der Waals surface area (Å²) < 4.78 is 20.3. The molecule has 2 aliphatic rings. The van der Waals surface area contributed by atoms with Gasteiger partial charge in [-0.05, 0) is 86.6 Å². The summed E-state index contributed by atoms with van der Waals surface area (Å²) in [6.07, 6.45) is 5.44. The first kappa shape index (κ1) is 26.1. The van der Waals surface area contributed by atoms with Gasteiger partial charge in [0.2, 0.25) is 0 Å². The Morgan fingerprint density at radius 3 is 2.65 bits per heavy atom. The van der Waals surface area contributed by atoms with Crippen molar-refractivity contribution in [1.29, 1.82) is 0 Å². The number of hydrogen-bond acceptors (Lipinski definition) is 5. The molecule has 2 atom stereocenters. The fraction of sp³-hybridized carbons (Fsp3) is 0.333. The zero-order valence-electron chi connectivity index (χ0n) is 24.2. The number of nitrogens with zero attached hydrogens (tertiary/aromatic N) is 7. The molecule has 8 rings (SSSR count). The van der Waals surface area contributed by atoms with Gasteiger partial charge in [0.25, 0.3) is 5.91 Å². The molecule has 6 aromatic rings. The number of piperidine rings is 1. The van der Waals surface area contributed by atoms with E-state index < -0.39 is 6.17 Å². The molecule has 1 saturated heterocycles. The van der Waals surface area contributed by atoms with Crippen LogP contribution in [0.3, 0.4) is 0 Å². The highest BCUT2D eigenvalue weighted by Crippen LogP contribution is 2.38. The zero-order valence-corrected chi connectivity index (χ0v) is 24.2. The van der Waals surface area contributed by atoms with Crippen LogP contribution in [0, 0.1) is 19.8 Å². The first-order valence-electron chi connectivity index (χ1n) is 15.0. The number of hydrogen-bond donors (Lipinski definition) is 1. The van der Waals surface area contributed by atoms with Crippen molar-refractivity contribution in [3.63, 3.8) is 0 Å². The van der Waals surface area contributed by atoms with Gasteiger partial charge in [-0.15, -0.1) is 10.2 Å². The van der Waals surface area contributed by atoms with E-state index in [-0.39, 0.29) is 24.9 Å². The monoisotopic (exact) mass is 576 g/mol. The van der Waals surface area contributed by atoms with E-state index in [1.165, 1.54) is 23.3 Å². The molecule has 0 spiro atoms. The summed E-state index contributed by atoms with van der Waals surface area (Å²) in [7, 11) is 0. The fourth-order valence-electron chi connectivity index (χ4n) is 6.54. The average molecular weight is 577 g/mol. The molecular weight excluding hydrogens is 543 g/mol. The molecule has 1 amide bonds. The summed E-state index contributed by atoms with van der Waals surface area (Å²) in [6.45, 7) is 5.39. The van der Waals surface area contributed by atoms with Gasteiger partial charge in [-0.2, -0.15) is 5.10 Å². The topological polar surface area (TPSA) is 98.8 Å². The molecule has 0 radical (unpaired) electrons. The molecule has 1 aliphatic carbocycles. The van der Waals surface area contributed by atoms with Crippen molar-refractivity contribution in [2.45, 2.75) is 51.9 Å². The predicted molar refractivity (Wildman–Crippen MR) is 164 cm³/mol. The van der Waals surface area contributed by atoms with Crippen molar-refractivity contribution >= 4 is 28.0 Å². The SMILES string of the molecule is Cc1c(-c2cc3ccc(-c4ccn5c(C)nnc5c4)cc3n2CC2CC2)nn2cc(C(=O)N3C[C@H](N)C[C@@H](F)C3)ccc12. The van der Waals surface area contributed by atoms with Crippen molar-refractivity contribution in [1.82, 2.24) is 33.7 Å². The first-order valence-corrected chi connectivity index (χ1v) is 15.0. The number of benzene rings is 1. The van der Waals surface area contributed by atoms with Gasteiger partial charge < -0.3 is 15.2 Å². The Hall–Kier alpha value is -4.57. The van der Waals surface area contributed by atoms with Crippen LogP contribution in [0.2, 0.25) is 0 Å². The number of halogens is 1. The lowest BCUT2D eigenvalue weighted by Crippen LogP contribution is -2.50. The van der Waals surface area contributed by atoms with Crippen LogP contribution in [0.25, 0.3) is 44.6 Å². The third-order valence-corrected chi connectivity index (χ3v) is 9.04. The summed E-state index contributed by atoms with van der Waals surface area (Å²) in [5, 5.41) is 14.7. The molecule has 1 aliphatic heterocycles. The maximum absolute atomic E-state index is 14.2. The highest BCUT2D eigenvalue weighted by molar-refractivity contribution is 5.95. The number of alkyl halides is 1. The van der Waals surface area contributed by atoms with Crippen LogP contribution in [-0.4, -0.2) is 64.9 Å². The van der Waals surface area contributed by atoms with Crippen molar-refractivity contribution < 1.29 is 9.18 Å². The van der Waals surface area contributed by atoms with Gasteiger partial charge in [-0.3, -0.25) is 9.20 Å². The second-order valence-electron chi connectivity index (χ2n) is 12.3. The molecule has 2 N–H and O–H groups in total. The highest BCUT2D eigenvalue weighted by Gasteiger charge is 2.29. The minimum atomic E-state index is -1.10. The number of nitrogens with two attached hydrogens (primary N) is 1. The summed E-state index contributed by atoms with van der Waals surface area (Å²) in [5.74, 6) is 1.30. The highest BCUT2D eigenvalue weighted by atomic mass is 19.1. The van der Waals surface area contributed by atoms with Gasteiger partial charge in [0.05, 0.1) is 23.3 Å². The molecule has 2 fully saturated rings. The molecular formula is C33H33FN8O. The van der Waals surface area contributed by atoms with Crippen LogP contribution in [0.5, 0.6) is 0 Å². The maximum atomic E-state index is 14.2. The van der Waals surface area contributed by atoms with E-state index in [0.29, 0.717) is 18.0 Å². The van der Waals surface area contributed by atoms with Crippen LogP contribution in [0.15, 0.2) is 60.9 Å². The summed E-state index contributed by atoms with van der Waals surface area (Å²) in [4.78, 5) is 14.8. The Morgan fingerprint density at radius 2 is 1.84 bits per heavy atom. The predicted octanol–water partition coefficient (Wildman–Crippen LogP) is 5.20. The first-order chi connectivity index (χ1) is 20.8. The second-order valence-corrected chi connectivity index (χ2v) is 12.3. The van der Waals surface area contributed by atoms with Crippen LogP contribution in [0.1, 0.15) is 41.0 Å². The lowest BCUT2D eigenvalue weighted by atomic mass is 10.0. The molecule has 218 valence electrons. The van der Waals surface area contributed by atoms with Crippen molar-refractivity contribution in [3.05, 3.63) is 77.9 Å². The Morgan fingerprint density at radius 1 is 1.00 bits per heavy atom. The van der Waals surface area contributed by atoms with E-state index in [2.05, 4.69) is 58.1 Å². The molecule has 0 bridgehead atoms. The van der Waals surface area contributed by atoms with E-state index in [9.17, 15) is 9.18 Å². The minimum absolute atomic E-state index is 0.0731. The summed E-state index contributed by atoms with van der Waals surface area (Å²) >= 11 is 0. The largest absolute Gasteiger partial charge is 0.339 e. The van der Waals surface area contributed by atoms with E-state index in [4.69, 9.17) is 10.8 Å². The number of carbonyl (C=O) groups is 1. The van der Waals surface area contributed by atoms with E-state index in [0.717, 1.165) is 57.0 Å². The zero-order chi connectivity index (χ0) is 29.4. The van der Waals surface area contributed by atoms with Crippen LogP contribution < -0.4 is 5.73 Å². The molecule has 43 heavy (non-hydrogen) atoms.